The van der Waals surface area contributed by atoms with Crippen LogP contribution in [-0.4, -0.2) is 29.6 Å². The quantitative estimate of drug-likeness (QED) is 0.660. The van der Waals surface area contributed by atoms with Crippen molar-refractivity contribution >= 4 is 16.5 Å². The van der Waals surface area contributed by atoms with Gasteiger partial charge in [-0.15, -0.1) is 0 Å². The summed E-state index contributed by atoms with van der Waals surface area (Å²) >= 11 is 0. The SMILES string of the molecule is CCC(CC)(CN[Si](C)(C)C)CN[Si](C)(C)C. The number of nitrogens with one attached hydrogen (secondary N) is 2. The first-order valence-electron chi connectivity index (χ1n) is 7.04. The number of hydrogen-bond donors (Lipinski definition) is 2. The molecule has 0 atom stereocenters. The van der Waals surface area contributed by atoms with Crippen molar-refractivity contribution in [2.75, 3.05) is 13.1 Å². The summed E-state index contributed by atoms with van der Waals surface area (Å²) in [6, 6.07) is 0. The summed E-state index contributed by atoms with van der Waals surface area (Å²) in [4.78, 5) is 7.63. The van der Waals surface area contributed by atoms with Crippen LogP contribution in [0.4, 0.5) is 0 Å². The van der Waals surface area contributed by atoms with Gasteiger partial charge in [-0.2, -0.15) is 0 Å². The fraction of sp³-hybridized carbons (Fsp3) is 1.00. The lowest BCUT2D eigenvalue weighted by Crippen LogP contribution is -2.53. The molecule has 0 aliphatic heterocycles. The fourth-order valence-corrected chi connectivity index (χ4v) is 3.53. The molecule has 0 unspecified atom stereocenters. The van der Waals surface area contributed by atoms with Crippen LogP contribution in [0.2, 0.25) is 39.3 Å². The lowest BCUT2D eigenvalue weighted by Gasteiger charge is -2.37. The maximum Gasteiger partial charge on any atom is 0.116 e. The molecule has 0 aromatic heterocycles. The highest BCUT2D eigenvalue weighted by atomic mass is 28.3. The van der Waals surface area contributed by atoms with E-state index in [0.29, 0.717) is 5.41 Å². The van der Waals surface area contributed by atoms with Crippen LogP contribution in [0.3, 0.4) is 0 Å². The van der Waals surface area contributed by atoms with E-state index in [9.17, 15) is 0 Å². The van der Waals surface area contributed by atoms with Gasteiger partial charge in [0.25, 0.3) is 0 Å². The molecule has 0 spiro atoms. The largest absolute Gasteiger partial charge is 0.337 e. The minimum Gasteiger partial charge on any atom is -0.337 e. The van der Waals surface area contributed by atoms with Crippen molar-refractivity contribution in [3.8, 4) is 0 Å². The zero-order chi connectivity index (χ0) is 13.7. The zero-order valence-corrected chi connectivity index (χ0v) is 15.3. The van der Waals surface area contributed by atoms with Crippen molar-refractivity contribution in [3.63, 3.8) is 0 Å². The first kappa shape index (κ1) is 17.4. The van der Waals surface area contributed by atoms with Crippen molar-refractivity contribution in [2.24, 2.45) is 5.41 Å². The topological polar surface area (TPSA) is 24.1 Å². The van der Waals surface area contributed by atoms with E-state index in [0.717, 1.165) is 0 Å². The van der Waals surface area contributed by atoms with Gasteiger partial charge in [-0.3, -0.25) is 0 Å². The zero-order valence-electron chi connectivity index (χ0n) is 13.3. The lowest BCUT2D eigenvalue weighted by molar-refractivity contribution is 0.264. The van der Waals surface area contributed by atoms with Crippen LogP contribution in [0.25, 0.3) is 0 Å². The van der Waals surface area contributed by atoms with E-state index in [1.54, 1.807) is 0 Å². The van der Waals surface area contributed by atoms with Gasteiger partial charge in [-0.25, -0.2) is 0 Å². The molecule has 0 rings (SSSR count). The second-order valence-electron chi connectivity index (χ2n) is 7.41. The molecule has 0 fully saturated rings. The van der Waals surface area contributed by atoms with Crippen molar-refractivity contribution < 1.29 is 0 Å². The van der Waals surface area contributed by atoms with E-state index >= 15 is 0 Å². The van der Waals surface area contributed by atoms with Crippen molar-refractivity contribution in [2.45, 2.75) is 66.0 Å². The third-order valence-corrected chi connectivity index (χ3v) is 5.96. The average molecular weight is 275 g/mol. The summed E-state index contributed by atoms with van der Waals surface area (Å²) in [5, 5.41) is 0. The van der Waals surface area contributed by atoms with Crippen LogP contribution in [0.5, 0.6) is 0 Å². The Labute approximate surface area is 111 Å². The lowest BCUT2D eigenvalue weighted by atomic mass is 9.83. The smallest absolute Gasteiger partial charge is 0.116 e. The molecule has 17 heavy (non-hydrogen) atoms. The monoisotopic (exact) mass is 274 g/mol. The average Bonchev–Trinajstić information content (AvgIpc) is 2.16. The summed E-state index contributed by atoms with van der Waals surface area (Å²) in [6.45, 7) is 21.3. The van der Waals surface area contributed by atoms with E-state index in [-0.39, 0.29) is 0 Å². The minimum atomic E-state index is -1.14. The highest BCUT2D eigenvalue weighted by molar-refractivity contribution is 6.74. The van der Waals surface area contributed by atoms with Crippen molar-refractivity contribution in [3.05, 3.63) is 0 Å². The van der Waals surface area contributed by atoms with Crippen LogP contribution in [-0.2, 0) is 0 Å². The fourth-order valence-electron chi connectivity index (χ4n) is 1.72. The van der Waals surface area contributed by atoms with Crippen LogP contribution >= 0.6 is 0 Å². The Bertz CT molecular complexity index is 192. The van der Waals surface area contributed by atoms with Gasteiger partial charge < -0.3 is 9.96 Å². The molecule has 4 heteroatoms. The molecule has 0 aromatic rings. The molecular formula is C13H34N2Si2. The van der Waals surface area contributed by atoms with Gasteiger partial charge in [-0.05, 0) is 31.3 Å². The summed E-state index contributed by atoms with van der Waals surface area (Å²) in [6.07, 6.45) is 2.52. The summed E-state index contributed by atoms with van der Waals surface area (Å²) in [7, 11) is -2.28. The molecule has 2 N–H and O–H groups in total. The summed E-state index contributed by atoms with van der Waals surface area (Å²) in [5.74, 6) is 0. The Kier molecular flexibility index (Phi) is 6.64. The van der Waals surface area contributed by atoms with Crippen LogP contribution < -0.4 is 9.96 Å². The molecule has 0 amide bonds. The third kappa shape index (κ3) is 8.13. The standard InChI is InChI=1S/C13H34N2Si2/c1-9-13(10-2,11-14-16(3,4)5)12-15-17(6,7)8/h14-15H,9-12H2,1-8H3. The molecule has 0 bridgehead atoms. The van der Waals surface area contributed by atoms with E-state index in [2.05, 4.69) is 63.1 Å². The van der Waals surface area contributed by atoms with E-state index in [1.807, 2.05) is 0 Å². The van der Waals surface area contributed by atoms with Gasteiger partial charge >= 0.3 is 0 Å². The molecular weight excluding hydrogens is 240 g/mol. The van der Waals surface area contributed by atoms with Crippen molar-refractivity contribution in [1.29, 1.82) is 0 Å². The second-order valence-corrected chi connectivity index (χ2v) is 17.1. The first-order chi connectivity index (χ1) is 7.54. The Morgan fingerprint density at radius 1 is 0.706 bits per heavy atom. The van der Waals surface area contributed by atoms with Crippen LogP contribution in [0.1, 0.15) is 26.7 Å². The van der Waals surface area contributed by atoms with Gasteiger partial charge in [0, 0.05) is 0 Å². The Hall–Kier alpha value is 0.354. The predicted octanol–water partition coefficient (Wildman–Crippen LogP) is 3.64. The summed E-state index contributed by atoms with van der Waals surface area (Å²) in [5.41, 5.74) is 0.445. The highest BCUT2D eigenvalue weighted by Crippen LogP contribution is 2.25. The van der Waals surface area contributed by atoms with Crippen LogP contribution in [0.15, 0.2) is 0 Å². The summed E-state index contributed by atoms with van der Waals surface area (Å²) < 4.78 is 0. The van der Waals surface area contributed by atoms with E-state index < -0.39 is 16.5 Å². The maximum absolute atomic E-state index is 3.82. The molecule has 0 saturated heterocycles. The molecule has 0 radical (unpaired) electrons. The Morgan fingerprint density at radius 3 is 1.18 bits per heavy atom. The predicted molar refractivity (Wildman–Crippen MR) is 85.7 cm³/mol. The van der Waals surface area contributed by atoms with Gasteiger partial charge in [0.1, 0.15) is 16.5 Å². The first-order valence-corrected chi connectivity index (χ1v) is 14.0. The molecule has 2 nitrogen and oxygen atoms in total. The van der Waals surface area contributed by atoms with Gasteiger partial charge in [0.05, 0.1) is 0 Å². The normalized spacial score (nSPS) is 14.1. The molecule has 0 aliphatic rings. The van der Waals surface area contributed by atoms with Crippen molar-refractivity contribution in [1.82, 2.24) is 9.96 Å². The minimum absolute atomic E-state index is 0.445. The van der Waals surface area contributed by atoms with Gasteiger partial charge in [0.2, 0.25) is 0 Å². The van der Waals surface area contributed by atoms with E-state index in [4.69, 9.17) is 0 Å². The van der Waals surface area contributed by atoms with E-state index in [1.165, 1.54) is 25.9 Å². The highest BCUT2D eigenvalue weighted by Gasteiger charge is 2.29. The number of rotatable bonds is 8. The number of hydrogen-bond acceptors (Lipinski definition) is 2. The maximum atomic E-state index is 3.82. The van der Waals surface area contributed by atoms with Crippen LogP contribution in [0, 0.1) is 5.41 Å². The molecule has 0 aromatic carbocycles. The molecule has 0 saturated carbocycles. The molecule has 104 valence electrons. The Morgan fingerprint density at radius 2 is 1.00 bits per heavy atom. The molecule has 0 heterocycles. The second kappa shape index (κ2) is 6.50. The third-order valence-electron chi connectivity index (χ3n) is 3.49. The molecule has 0 aliphatic carbocycles. The van der Waals surface area contributed by atoms with Gasteiger partial charge in [0.15, 0.2) is 0 Å². The van der Waals surface area contributed by atoms with Gasteiger partial charge in [-0.1, -0.05) is 53.1 Å². The Balaban J connectivity index is 4.46.